The maximum Gasteiger partial charge on any atom is 0.259 e. The van der Waals surface area contributed by atoms with Crippen molar-refractivity contribution in [3.63, 3.8) is 0 Å². The van der Waals surface area contributed by atoms with E-state index in [1.807, 2.05) is 19.1 Å². The zero-order valence-electron chi connectivity index (χ0n) is 22.1. The van der Waals surface area contributed by atoms with Crippen molar-refractivity contribution >= 4 is 40.5 Å². The highest BCUT2D eigenvalue weighted by Crippen LogP contribution is 2.40. The molecule has 1 N–H and O–H groups in total. The molecule has 0 saturated heterocycles. The third-order valence-corrected chi connectivity index (χ3v) is 6.46. The molecular formula is C27H31ClN4O5. The second kappa shape index (κ2) is 11.9. The van der Waals surface area contributed by atoms with Crippen LogP contribution in [-0.2, 0) is 4.79 Å². The Kier molecular flexibility index (Phi) is 8.94. The largest absolute Gasteiger partial charge is 0.493 e. The number of aliphatic imine (C=N–C) groups is 1. The fourth-order valence-electron chi connectivity index (χ4n) is 3.90. The third-order valence-electron chi connectivity index (χ3n) is 6.01. The number of carbonyl (C=O) groups is 2. The van der Waals surface area contributed by atoms with E-state index in [9.17, 15) is 9.59 Å². The van der Waals surface area contributed by atoms with Gasteiger partial charge in [-0.1, -0.05) is 11.6 Å². The number of pyridine rings is 1. The quantitative estimate of drug-likeness (QED) is 0.470. The molecule has 1 aliphatic rings. The Bertz CT molecular complexity index is 1310. The number of halogens is 1. The molecule has 1 aliphatic carbocycles. The molecule has 0 spiro atoms. The van der Waals surface area contributed by atoms with E-state index in [1.165, 1.54) is 33.5 Å². The first-order valence-corrected chi connectivity index (χ1v) is 12.1. The fourth-order valence-corrected chi connectivity index (χ4v) is 4.10. The van der Waals surface area contributed by atoms with Gasteiger partial charge in [0.1, 0.15) is 5.82 Å². The lowest BCUT2D eigenvalue weighted by atomic mass is 10.0. The molecule has 1 amide bonds. The maximum atomic E-state index is 13.2. The summed E-state index contributed by atoms with van der Waals surface area (Å²) in [4.78, 5) is 37.6. The lowest BCUT2D eigenvalue weighted by molar-refractivity contribution is -0.112. The normalized spacial score (nSPS) is 14.4. The summed E-state index contributed by atoms with van der Waals surface area (Å²) < 4.78 is 16.0. The van der Waals surface area contributed by atoms with E-state index in [0.717, 1.165) is 24.6 Å². The molecule has 1 heterocycles. The number of nitrogens with zero attached hydrogens (tertiary/aromatic N) is 3. The highest BCUT2D eigenvalue weighted by molar-refractivity contribution is 6.49. The maximum absolute atomic E-state index is 13.2. The first-order chi connectivity index (χ1) is 17.7. The fraction of sp³-hybridized carbons (Fsp3) is 0.333. The van der Waals surface area contributed by atoms with Crippen molar-refractivity contribution in [1.82, 2.24) is 10.3 Å². The van der Waals surface area contributed by atoms with Crippen LogP contribution in [0.25, 0.3) is 0 Å². The van der Waals surface area contributed by atoms with Crippen LogP contribution in [0.4, 0.5) is 11.5 Å². The van der Waals surface area contributed by atoms with Gasteiger partial charge in [-0.3, -0.25) is 9.59 Å². The standard InChI is InChI=1S/C27H31ClN4O5/c1-8-32(9-2)22-13-11-18(16(4)29-22)30-19-14-20(24(33)23(28)15(19)3)31-27(34)17-10-12-21(35-5)26(37-7)25(17)36-6/h10-14H,8-9H2,1-7H3,(H,31,34). The molecule has 1 aromatic heterocycles. The smallest absolute Gasteiger partial charge is 0.259 e. The number of ketones is 1. The molecular weight excluding hydrogens is 496 g/mol. The summed E-state index contributed by atoms with van der Waals surface area (Å²) in [5, 5.41) is 2.62. The molecule has 0 atom stereocenters. The van der Waals surface area contributed by atoms with Crippen LogP contribution in [0, 0.1) is 6.92 Å². The highest BCUT2D eigenvalue weighted by atomic mass is 35.5. The minimum absolute atomic E-state index is 0.0124. The van der Waals surface area contributed by atoms with Gasteiger partial charge in [-0.25, -0.2) is 9.98 Å². The number of rotatable bonds is 9. The molecule has 196 valence electrons. The van der Waals surface area contributed by atoms with Crippen LogP contribution >= 0.6 is 11.6 Å². The number of aromatic nitrogens is 1. The lowest BCUT2D eigenvalue weighted by Crippen LogP contribution is -2.31. The summed E-state index contributed by atoms with van der Waals surface area (Å²) in [6.07, 6.45) is 1.51. The van der Waals surface area contributed by atoms with Crippen LogP contribution in [-0.4, -0.2) is 56.8 Å². The Morgan fingerprint density at radius 3 is 2.27 bits per heavy atom. The molecule has 10 heteroatoms. The Hall–Kier alpha value is -3.85. The van der Waals surface area contributed by atoms with E-state index >= 15 is 0 Å². The van der Waals surface area contributed by atoms with Gasteiger partial charge in [0.25, 0.3) is 5.91 Å². The minimum atomic E-state index is -0.581. The number of Topliss-reactive ketones (excluding diaryl/α,β-unsaturated/α-hetero) is 1. The predicted molar refractivity (Wildman–Crippen MR) is 145 cm³/mol. The molecule has 0 radical (unpaired) electrons. The van der Waals surface area contributed by atoms with Crippen molar-refractivity contribution in [3.8, 4) is 17.2 Å². The van der Waals surface area contributed by atoms with Gasteiger partial charge in [-0.05, 0) is 63.6 Å². The SMILES string of the molecule is CCN(CC)c1ccc(N=C2C=C(NC(=O)c3ccc(OC)c(OC)c3OC)C(=O)C(Cl)=C2C)c(C)n1. The number of aryl methyl sites for hydroxylation is 1. The van der Waals surface area contributed by atoms with Crippen LogP contribution in [0.15, 0.2) is 51.6 Å². The van der Waals surface area contributed by atoms with Gasteiger partial charge in [-0.2, -0.15) is 0 Å². The van der Waals surface area contributed by atoms with Crippen LogP contribution in [0.5, 0.6) is 17.2 Å². The summed E-state index contributed by atoms with van der Waals surface area (Å²) in [5.74, 6) is 0.595. The summed E-state index contributed by atoms with van der Waals surface area (Å²) in [6.45, 7) is 9.40. The van der Waals surface area contributed by atoms with Gasteiger partial charge in [0.05, 0.1) is 54.7 Å². The molecule has 2 aromatic rings. The van der Waals surface area contributed by atoms with E-state index in [-0.39, 0.29) is 27.8 Å². The number of hydrogen-bond donors (Lipinski definition) is 1. The Labute approximate surface area is 221 Å². The minimum Gasteiger partial charge on any atom is -0.493 e. The van der Waals surface area contributed by atoms with E-state index in [2.05, 4.69) is 29.0 Å². The van der Waals surface area contributed by atoms with E-state index in [1.54, 1.807) is 13.0 Å². The number of amides is 1. The van der Waals surface area contributed by atoms with Crippen molar-refractivity contribution < 1.29 is 23.8 Å². The Morgan fingerprint density at radius 1 is 1.03 bits per heavy atom. The number of carbonyl (C=O) groups excluding carboxylic acids is 2. The molecule has 1 aromatic carbocycles. The number of ether oxygens (including phenoxy) is 3. The van der Waals surface area contributed by atoms with Crippen molar-refractivity contribution in [2.75, 3.05) is 39.3 Å². The Morgan fingerprint density at radius 2 is 1.70 bits per heavy atom. The summed E-state index contributed by atoms with van der Waals surface area (Å²) in [5.41, 5.74) is 2.45. The second-order valence-corrected chi connectivity index (χ2v) is 8.48. The van der Waals surface area contributed by atoms with Crippen LogP contribution < -0.4 is 24.4 Å². The van der Waals surface area contributed by atoms with Crippen molar-refractivity contribution in [2.45, 2.75) is 27.7 Å². The molecule has 3 rings (SSSR count). The van der Waals surface area contributed by atoms with Crippen molar-refractivity contribution in [3.05, 3.63) is 57.9 Å². The predicted octanol–water partition coefficient (Wildman–Crippen LogP) is 4.74. The number of methoxy groups -OCH3 is 3. The molecule has 0 bridgehead atoms. The van der Waals surface area contributed by atoms with Crippen molar-refractivity contribution in [2.24, 2.45) is 4.99 Å². The van der Waals surface area contributed by atoms with Gasteiger partial charge in [-0.15, -0.1) is 0 Å². The molecule has 0 saturated carbocycles. The average Bonchev–Trinajstić information content (AvgIpc) is 2.90. The van der Waals surface area contributed by atoms with Crippen molar-refractivity contribution in [1.29, 1.82) is 0 Å². The summed E-state index contributed by atoms with van der Waals surface area (Å²) >= 11 is 6.37. The molecule has 37 heavy (non-hydrogen) atoms. The highest BCUT2D eigenvalue weighted by Gasteiger charge is 2.28. The van der Waals surface area contributed by atoms with E-state index in [4.69, 9.17) is 30.8 Å². The zero-order valence-corrected chi connectivity index (χ0v) is 22.8. The lowest BCUT2D eigenvalue weighted by Gasteiger charge is -2.21. The van der Waals surface area contributed by atoms with Crippen LogP contribution in [0.3, 0.4) is 0 Å². The van der Waals surface area contributed by atoms with Gasteiger partial charge in [0, 0.05) is 13.1 Å². The van der Waals surface area contributed by atoms with Gasteiger partial charge >= 0.3 is 0 Å². The number of allylic oxidation sites excluding steroid dienone is 3. The number of anilines is 1. The number of hydrogen-bond acceptors (Lipinski definition) is 8. The van der Waals surface area contributed by atoms with Gasteiger partial charge < -0.3 is 24.4 Å². The summed E-state index contributed by atoms with van der Waals surface area (Å²) in [7, 11) is 4.33. The van der Waals surface area contributed by atoms with Gasteiger partial charge in [0.15, 0.2) is 11.5 Å². The van der Waals surface area contributed by atoms with Crippen LogP contribution in [0.1, 0.15) is 36.8 Å². The monoisotopic (exact) mass is 526 g/mol. The molecule has 0 aliphatic heterocycles. The first-order valence-electron chi connectivity index (χ1n) is 11.7. The van der Waals surface area contributed by atoms with Crippen LogP contribution in [0.2, 0.25) is 0 Å². The Balaban J connectivity index is 1.99. The summed E-state index contributed by atoms with van der Waals surface area (Å²) in [6, 6.07) is 6.88. The molecule has 0 unspecified atom stereocenters. The number of nitrogens with one attached hydrogen (secondary N) is 1. The van der Waals surface area contributed by atoms with E-state index < -0.39 is 11.7 Å². The third kappa shape index (κ3) is 5.61. The van der Waals surface area contributed by atoms with Gasteiger partial charge in [0.2, 0.25) is 11.5 Å². The molecule has 9 nitrogen and oxygen atoms in total. The van der Waals surface area contributed by atoms with E-state index in [0.29, 0.717) is 22.7 Å². The first kappa shape index (κ1) is 27.7. The number of benzene rings is 1. The average molecular weight is 527 g/mol. The molecule has 0 fully saturated rings. The topological polar surface area (TPSA) is 102 Å². The second-order valence-electron chi connectivity index (χ2n) is 8.11. The zero-order chi connectivity index (χ0) is 27.3.